The predicted molar refractivity (Wildman–Crippen MR) is 104 cm³/mol. The van der Waals surface area contributed by atoms with Crippen LogP contribution in [0.1, 0.15) is 35.2 Å². The number of hydrogen-bond donors (Lipinski definition) is 3. The van der Waals surface area contributed by atoms with Crippen molar-refractivity contribution in [2.75, 3.05) is 11.1 Å². The van der Waals surface area contributed by atoms with E-state index in [9.17, 15) is 9.59 Å². The van der Waals surface area contributed by atoms with E-state index in [1.54, 1.807) is 24.3 Å². The standard InChI is InChI=1S/C21H23N3O2/c22-18-7-3-4-8-19(18)24-21(26)17-11-9-16(10-12-17)14-23-20(25)13-15-5-1-2-6-15/h1,3-5,7-12,15H,2,6,13-14,22H2,(H,23,25)(H,24,26). The van der Waals surface area contributed by atoms with Crippen LogP contribution in [0, 0.1) is 5.92 Å². The first-order chi connectivity index (χ1) is 12.6. The number of carbonyl (C=O) groups excluding carboxylic acids is 2. The van der Waals surface area contributed by atoms with Gasteiger partial charge in [0.15, 0.2) is 0 Å². The van der Waals surface area contributed by atoms with Crippen molar-refractivity contribution in [1.29, 1.82) is 0 Å². The first-order valence-corrected chi connectivity index (χ1v) is 8.80. The predicted octanol–water partition coefficient (Wildman–Crippen LogP) is 3.49. The lowest BCUT2D eigenvalue weighted by atomic mass is 10.0. The summed E-state index contributed by atoms with van der Waals surface area (Å²) in [6.45, 7) is 0.461. The lowest BCUT2D eigenvalue weighted by Gasteiger charge is -2.10. The van der Waals surface area contributed by atoms with Gasteiger partial charge in [-0.3, -0.25) is 9.59 Å². The Labute approximate surface area is 153 Å². The summed E-state index contributed by atoms with van der Waals surface area (Å²) in [4.78, 5) is 24.3. The minimum atomic E-state index is -0.216. The Kier molecular flexibility index (Phi) is 5.69. The SMILES string of the molecule is Nc1ccccc1NC(=O)c1ccc(CNC(=O)CC2C=CCC2)cc1. The van der Waals surface area contributed by atoms with Crippen LogP contribution in [-0.2, 0) is 11.3 Å². The van der Waals surface area contributed by atoms with E-state index in [2.05, 4.69) is 22.8 Å². The number of rotatable bonds is 6. The summed E-state index contributed by atoms with van der Waals surface area (Å²) in [7, 11) is 0. The molecular formula is C21H23N3O2. The molecule has 134 valence electrons. The molecule has 0 saturated carbocycles. The number of nitrogens with two attached hydrogens (primary N) is 1. The summed E-state index contributed by atoms with van der Waals surface area (Å²) in [6, 6.07) is 14.3. The number of nitrogens with one attached hydrogen (secondary N) is 2. The van der Waals surface area contributed by atoms with Gasteiger partial charge in [-0.05, 0) is 48.6 Å². The van der Waals surface area contributed by atoms with Crippen molar-refractivity contribution in [3.05, 3.63) is 71.8 Å². The maximum Gasteiger partial charge on any atom is 0.255 e. The van der Waals surface area contributed by atoms with E-state index in [-0.39, 0.29) is 11.8 Å². The highest BCUT2D eigenvalue weighted by Gasteiger charge is 2.13. The zero-order valence-corrected chi connectivity index (χ0v) is 14.6. The van der Waals surface area contributed by atoms with Crippen molar-refractivity contribution in [3.8, 4) is 0 Å². The maximum absolute atomic E-state index is 12.3. The smallest absolute Gasteiger partial charge is 0.255 e. The topological polar surface area (TPSA) is 84.2 Å². The normalized spacial score (nSPS) is 15.6. The second-order valence-electron chi connectivity index (χ2n) is 6.48. The molecule has 26 heavy (non-hydrogen) atoms. The van der Waals surface area contributed by atoms with E-state index in [4.69, 9.17) is 5.73 Å². The Hall–Kier alpha value is -3.08. The molecule has 1 aliphatic rings. The van der Waals surface area contributed by atoms with Crippen molar-refractivity contribution < 1.29 is 9.59 Å². The molecule has 0 aromatic heterocycles. The van der Waals surface area contributed by atoms with Gasteiger partial charge in [-0.1, -0.05) is 36.4 Å². The summed E-state index contributed by atoms with van der Waals surface area (Å²) in [5, 5.41) is 5.73. The van der Waals surface area contributed by atoms with E-state index in [0.717, 1.165) is 18.4 Å². The summed E-state index contributed by atoms with van der Waals surface area (Å²) < 4.78 is 0. The van der Waals surface area contributed by atoms with Gasteiger partial charge < -0.3 is 16.4 Å². The third-order valence-corrected chi connectivity index (χ3v) is 4.47. The molecule has 4 N–H and O–H groups in total. The van der Waals surface area contributed by atoms with Crippen LogP contribution in [0.3, 0.4) is 0 Å². The van der Waals surface area contributed by atoms with Gasteiger partial charge >= 0.3 is 0 Å². The van der Waals surface area contributed by atoms with Gasteiger partial charge in [-0.15, -0.1) is 0 Å². The molecular weight excluding hydrogens is 326 g/mol. The van der Waals surface area contributed by atoms with Crippen molar-refractivity contribution in [1.82, 2.24) is 5.32 Å². The van der Waals surface area contributed by atoms with Crippen LogP contribution in [0.25, 0.3) is 0 Å². The van der Waals surface area contributed by atoms with Crippen molar-refractivity contribution >= 4 is 23.2 Å². The van der Waals surface area contributed by atoms with Gasteiger partial charge in [-0.2, -0.15) is 0 Å². The molecule has 1 atom stereocenters. The Morgan fingerprint density at radius 3 is 2.54 bits per heavy atom. The molecule has 2 amide bonds. The largest absolute Gasteiger partial charge is 0.397 e. The quantitative estimate of drug-likeness (QED) is 0.551. The first kappa shape index (κ1) is 17.7. The van der Waals surface area contributed by atoms with E-state index in [0.29, 0.717) is 35.8 Å². The summed E-state index contributed by atoms with van der Waals surface area (Å²) in [5.41, 5.74) is 8.45. The fourth-order valence-electron chi connectivity index (χ4n) is 2.96. The molecule has 0 radical (unpaired) electrons. The molecule has 5 heteroatoms. The van der Waals surface area contributed by atoms with Gasteiger partial charge in [0.05, 0.1) is 11.4 Å². The molecule has 2 aromatic carbocycles. The van der Waals surface area contributed by atoms with Crippen LogP contribution in [0.15, 0.2) is 60.7 Å². The zero-order chi connectivity index (χ0) is 18.4. The van der Waals surface area contributed by atoms with E-state index in [1.165, 1.54) is 0 Å². The molecule has 1 unspecified atom stereocenters. The zero-order valence-electron chi connectivity index (χ0n) is 14.6. The van der Waals surface area contributed by atoms with Crippen LogP contribution < -0.4 is 16.4 Å². The van der Waals surface area contributed by atoms with Crippen LogP contribution in [0.2, 0.25) is 0 Å². The summed E-state index contributed by atoms with van der Waals surface area (Å²) in [6.07, 6.45) is 6.91. The number of nitrogen functional groups attached to an aromatic ring is 1. The minimum Gasteiger partial charge on any atom is -0.397 e. The molecule has 0 fully saturated rings. The van der Waals surface area contributed by atoms with Crippen molar-refractivity contribution in [2.24, 2.45) is 5.92 Å². The number of anilines is 2. The highest BCUT2D eigenvalue weighted by atomic mass is 16.2. The third kappa shape index (κ3) is 4.72. The number of benzene rings is 2. The van der Waals surface area contributed by atoms with E-state index in [1.807, 2.05) is 24.3 Å². The highest BCUT2D eigenvalue weighted by Crippen LogP contribution is 2.20. The first-order valence-electron chi connectivity index (χ1n) is 8.80. The Morgan fingerprint density at radius 1 is 1.08 bits per heavy atom. The monoisotopic (exact) mass is 349 g/mol. The molecule has 0 aliphatic heterocycles. The Morgan fingerprint density at radius 2 is 1.85 bits per heavy atom. The molecule has 5 nitrogen and oxygen atoms in total. The summed E-state index contributed by atoms with van der Waals surface area (Å²) >= 11 is 0. The van der Waals surface area contributed by atoms with E-state index < -0.39 is 0 Å². The second kappa shape index (κ2) is 8.34. The second-order valence-corrected chi connectivity index (χ2v) is 6.48. The van der Waals surface area contributed by atoms with Crippen LogP contribution in [0.4, 0.5) is 11.4 Å². The molecule has 2 aromatic rings. The van der Waals surface area contributed by atoms with Gasteiger partial charge in [0.1, 0.15) is 0 Å². The Balaban J connectivity index is 1.51. The van der Waals surface area contributed by atoms with Crippen LogP contribution >= 0.6 is 0 Å². The van der Waals surface area contributed by atoms with E-state index >= 15 is 0 Å². The van der Waals surface area contributed by atoms with Gasteiger partial charge in [0, 0.05) is 18.5 Å². The lowest BCUT2D eigenvalue weighted by molar-refractivity contribution is -0.121. The molecule has 1 aliphatic carbocycles. The van der Waals surface area contributed by atoms with Crippen molar-refractivity contribution in [2.45, 2.75) is 25.8 Å². The molecule has 0 saturated heterocycles. The van der Waals surface area contributed by atoms with Crippen molar-refractivity contribution in [3.63, 3.8) is 0 Å². The average molecular weight is 349 g/mol. The number of allylic oxidation sites excluding steroid dienone is 2. The number of carbonyl (C=O) groups is 2. The maximum atomic E-state index is 12.3. The fraction of sp³-hybridized carbons (Fsp3) is 0.238. The van der Waals surface area contributed by atoms with Crippen LogP contribution in [-0.4, -0.2) is 11.8 Å². The number of para-hydroxylation sites is 2. The third-order valence-electron chi connectivity index (χ3n) is 4.47. The number of amides is 2. The molecule has 0 bridgehead atoms. The van der Waals surface area contributed by atoms with Crippen LogP contribution in [0.5, 0.6) is 0 Å². The summed E-state index contributed by atoms with van der Waals surface area (Å²) in [5.74, 6) is 0.209. The average Bonchev–Trinajstić information content (AvgIpc) is 3.15. The molecule has 0 spiro atoms. The number of hydrogen-bond acceptors (Lipinski definition) is 3. The molecule has 3 rings (SSSR count). The fourth-order valence-corrected chi connectivity index (χ4v) is 2.96. The van der Waals surface area contributed by atoms with Gasteiger partial charge in [0.25, 0.3) is 5.91 Å². The molecule has 0 heterocycles. The highest BCUT2D eigenvalue weighted by molar-refractivity contribution is 6.05. The Bertz CT molecular complexity index is 812. The van der Waals surface area contributed by atoms with Gasteiger partial charge in [-0.25, -0.2) is 0 Å². The van der Waals surface area contributed by atoms with Gasteiger partial charge in [0.2, 0.25) is 5.91 Å². The minimum absolute atomic E-state index is 0.0583. The lowest BCUT2D eigenvalue weighted by Crippen LogP contribution is -2.24.